The molecule has 8 nitrogen and oxygen atoms in total. The summed E-state index contributed by atoms with van der Waals surface area (Å²) < 4.78 is 7.11. The smallest absolute Gasteiger partial charge is 0.212 e. The second-order valence-corrected chi connectivity index (χ2v) is 7.90. The molecule has 29 heavy (non-hydrogen) atoms. The van der Waals surface area contributed by atoms with Crippen LogP contribution in [0, 0.1) is 0 Å². The van der Waals surface area contributed by atoms with Gasteiger partial charge in [-0.15, -0.1) is 10.2 Å². The van der Waals surface area contributed by atoms with E-state index in [1.54, 1.807) is 22.9 Å². The second kappa shape index (κ2) is 10.3. The van der Waals surface area contributed by atoms with Crippen LogP contribution in [0.15, 0.2) is 28.5 Å². The van der Waals surface area contributed by atoms with Gasteiger partial charge in [0.1, 0.15) is 11.5 Å². The first-order valence-electron chi connectivity index (χ1n) is 9.86. The summed E-state index contributed by atoms with van der Waals surface area (Å²) in [6.07, 6.45) is 7.89. The number of aromatic hydroxyl groups is 1. The summed E-state index contributed by atoms with van der Waals surface area (Å²) in [6, 6.07) is 5.05. The van der Waals surface area contributed by atoms with Crippen LogP contribution in [0.5, 0.6) is 11.5 Å². The number of hydrogen-bond donors (Lipinski definition) is 1. The molecule has 156 valence electrons. The lowest BCUT2D eigenvalue weighted by molar-refractivity contribution is -0.301. The molecule has 0 spiro atoms. The second-order valence-electron chi connectivity index (χ2n) is 6.96. The predicted molar refractivity (Wildman–Crippen MR) is 108 cm³/mol. The van der Waals surface area contributed by atoms with Crippen molar-refractivity contribution in [2.75, 3.05) is 12.4 Å². The highest BCUT2D eigenvalue weighted by atomic mass is 32.2. The predicted octanol–water partition coefficient (Wildman–Crippen LogP) is 2.54. The third-order valence-electron chi connectivity index (χ3n) is 4.71. The monoisotopic (exact) mass is 417 g/mol. The lowest BCUT2D eigenvalue weighted by Gasteiger charge is -2.20. The summed E-state index contributed by atoms with van der Waals surface area (Å²) in [5.41, 5.74) is 0.521. The standard InChI is InChI=1S/C20H26N4O4S/c1-2-10-28-16-9-8-15(17(25)11-16)12-21-24-19(14-6-4-3-5-7-14)22-23-20(24)29-13-18(26)27/h8-9,11-12,14,25H,2-7,10,13H2,1H3,(H,26,27)/p-1/b21-12+. The average molecular weight is 418 g/mol. The van der Waals surface area contributed by atoms with E-state index >= 15 is 0 Å². The summed E-state index contributed by atoms with van der Waals surface area (Å²) in [4.78, 5) is 10.9. The third-order valence-corrected chi connectivity index (χ3v) is 5.61. The van der Waals surface area contributed by atoms with Crippen molar-refractivity contribution in [3.63, 3.8) is 0 Å². The molecule has 1 fully saturated rings. The number of carboxylic acid groups (broad SMARTS) is 1. The summed E-state index contributed by atoms with van der Waals surface area (Å²) in [6.45, 7) is 2.59. The van der Waals surface area contributed by atoms with E-state index in [9.17, 15) is 15.0 Å². The number of aliphatic carboxylic acids is 1. The molecule has 1 heterocycles. The lowest BCUT2D eigenvalue weighted by atomic mass is 9.89. The number of phenolic OH excluding ortho intramolecular Hbond substituents is 1. The Morgan fingerprint density at radius 3 is 2.86 bits per heavy atom. The van der Waals surface area contributed by atoms with Gasteiger partial charge in [-0.2, -0.15) is 9.78 Å². The normalized spacial score (nSPS) is 15.1. The van der Waals surface area contributed by atoms with Crippen LogP contribution in [-0.2, 0) is 4.79 Å². The molecule has 0 atom stereocenters. The largest absolute Gasteiger partial charge is 0.549 e. The molecule has 3 rings (SSSR count). The number of benzene rings is 1. The maximum Gasteiger partial charge on any atom is 0.212 e. The Labute approximate surface area is 174 Å². The number of thioether (sulfide) groups is 1. The molecular weight excluding hydrogens is 392 g/mol. The van der Waals surface area contributed by atoms with E-state index in [4.69, 9.17) is 4.74 Å². The first-order chi connectivity index (χ1) is 14.1. The number of carboxylic acids is 1. The molecule has 1 aliphatic carbocycles. The number of phenols is 1. The molecule has 1 aromatic heterocycles. The maximum absolute atomic E-state index is 10.9. The van der Waals surface area contributed by atoms with Crippen LogP contribution in [0.2, 0.25) is 0 Å². The molecule has 0 unspecified atom stereocenters. The highest BCUT2D eigenvalue weighted by Crippen LogP contribution is 2.33. The molecule has 1 aromatic carbocycles. The van der Waals surface area contributed by atoms with Crippen molar-refractivity contribution in [1.82, 2.24) is 14.9 Å². The molecule has 0 bridgehead atoms. The summed E-state index contributed by atoms with van der Waals surface area (Å²) in [5.74, 6) is 0.214. The number of ether oxygens (including phenoxy) is 1. The lowest BCUT2D eigenvalue weighted by Crippen LogP contribution is -2.24. The molecule has 0 amide bonds. The van der Waals surface area contributed by atoms with E-state index in [-0.39, 0.29) is 17.4 Å². The van der Waals surface area contributed by atoms with E-state index in [2.05, 4.69) is 15.3 Å². The van der Waals surface area contributed by atoms with Gasteiger partial charge in [0.25, 0.3) is 0 Å². The fourth-order valence-corrected chi connectivity index (χ4v) is 3.88. The number of carbonyl (C=O) groups is 1. The van der Waals surface area contributed by atoms with E-state index < -0.39 is 5.97 Å². The topological polar surface area (TPSA) is 113 Å². The fraction of sp³-hybridized carbons (Fsp3) is 0.500. The molecule has 0 saturated heterocycles. The molecule has 1 saturated carbocycles. The van der Waals surface area contributed by atoms with E-state index in [0.29, 0.717) is 23.1 Å². The fourth-order valence-electron chi connectivity index (χ4n) is 3.28. The Kier molecular flexibility index (Phi) is 7.51. The summed E-state index contributed by atoms with van der Waals surface area (Å²) >= 11 is 1.02. The van der Waals surface area contributed by atoms with Gasteiger partial charge < -0.3 is 19.7 Å². The average Bonchev–Trinajstić information content (AvgIpc) is 3.13. The number of rotatable bonds is 9. The van der Waals surface area contributed by atoms with Crippen molar-refractivity contribution in [2.24, 2.45) is 5.10 Å². The van der Waals surface area contributed by atoms with Crippen LogP contribution in [-0.4, -0.2) is 44.5 Å². The quantitative estimate of drug-likeness (QED) is 0.493. The van der Waals surface area contributed by atoms with Crippen LogP contribution in [0.4, 0.5) is 0 Å². The molecule has 1 aliphatic rings. The summed E-state index contributed by atoms with van der Waals surface area (Å²) in [7, 11) is 0. The molecule has 2 aromatic rings. The van der Waals surface area contributed by atoms with Crippen LogP contribution in [0.25, 0.3) is 0 Å². The van der Waals surface area contributed by atoms with Gasteiger partial charge >= 0.3 is 0 Å². The minimum Gasteiger partial charge on any atom is -0.549 e. The maximum atomic E-state index is 10.9. The number of aromatic nitrogens is 3. The first-order valence-corrected chi connectivity index (χ1v) is 10.8. The highest BCUT2D eigenvalue weighted by Gasteiger charge is 2.23. The van der Waals surface area contributed by atoms with Crippen molar-refractivity contribution in [3.05, 3.63) is 29.6 Å². The van der Waals surface area contributed by atoms with Gasteiger partial charge in [-0.25, -0.2) is 0 Å². The Morgan fingerprint density at radius 2 is 2.17 bits per heavy atom. The van der Waals surface area contributed by atoms with E-state index in [1.165, 1.54) is 12.6 Å². The van der Waals surface area contributed by atoms with Crippen molar-refractivity contribution >= 4 is 23.9 Å². The molecular formula is C20H25N4O4S-. The zero-order chi connectivity index (χ0) is 20.6. The molecule has 0 aliphatic heterocycles. The van der Waals surface area contributed by atoms with Gasteiger partial charge in [-0.3, -0.25) is 0 Å². The van der Waals surface area contributed by atoms with Gasteiger partial charge in [-0.05, 0) is 31.4 Å². The zero-order valence-electron chi connectivity index (χ0n) is 16.4. The molecule has 0 radical (unpaired) electrons. The first kappa shape index (κ1) is 21.2. The SMILES string of the molecule is CCCOc1ccc(/C=N/n2c(SCC(=O)[O-])nnc2C2CCCCC2)c(O)c1. The van der Waals surface area contributed by atoms with Crippen LogP contribution in [0.3, 0.4) is 0 Å². The van der Waals surface area contributed by atoms with Crippen LogP contribution >= 0.6 is 11.8 Å². The van der Waals surface area contributed by atoms with Crippen LogP contribution in [0.1, 0.15) is 62.8 Å². The van der Waals surface area contributed by atoms with Gasteiger partial charge in [0.2, 0.25) is 5.16 Å². The third kappa shape index (κ3) is 5.72. The minimum atomic E-state index is -1.17. The Bertz CT molecular complexity index is 862. The van der Waals surface area contributed by atoms with Gasteiger partial charge in [0.05, 0.1) is 18.8 Å². The van der Waals surface area contributed by atoms with Crippen molar-refractivity contribution < 1.29 is 19.7 Å². The molecule has 9 heteroatoms. The van der Waals surface area contributed by atoms with Crippen molar-refractivity contribution in [3.8, 4) is 11.5 Å². The van der Waals surface area contributed by atoms with E-state index in [0.717, 1.165) is 49.7 Å². The number of nitrogens with zero attached hydrogens (tertiary/aromatic N) is 4. The van der Waals surface area contributed by atoms with Gasteiger partial charge in [0.15, 0.2) is 5.82 Å². The van der Waals surface area contributed by atoms with Gasteiger partial charge in [0, 0.05) is 23.3 Å². The van der Waals surface area contributed by atoms with Crippen LogP contribution < -0.4 is 9.84 Å². The Morgan fingerprint density at radius 1 is 1.38 bits per heavy atom. The zero-order valence-corrected chi connectivity index (χ0v) is 17.2. The Balaban J connectivity index is 1.85. The Hall–Kier alpha value is -2.55. The van der Waals surface area contributed by atoms with Crippen molar-refractivity contribution in [2.45, 2.75) is 56.5 Å². The highest BCUT2D eigenvalue weighted by molar-refractivity contribution is 7.99. The van der Waals surface area contributed by atoms with Crippen molar-refractivity contribution in [1.29, 1.82) is 0 Å². The van der Waals surface area contributed by atoms with E-state index in [1.807, 2.05) is 6.92 Å². The van der Waals surface area contributed by atoms with Gasteiger partial charge in [-0.1, -0.05) is 37.9 Å². The number of hydrogen-bond acceptors (Lipinski definition) is 8. The molecule has 1 N–H and O–H groups in total. The minimum absolute atomic E-state index is 0.0542. The summed E-state index contributed by atoms with van der Waals surface area (Å²) in [5, 5.41) is 34.4. The number of carbonyl (C=O) groups excluding carboxylic acids is 1.